The molecule has 8 nitrogen and oxygen atoms in total. The van der Waals surface area contributed by atoms with Gasteiger partial charge in [-0.1, -0.05) is 18.2 Å². The summed E-state index contributed by atoms with van der Waals surface area (Å²) < 4.78 is 45.0. The van der Waals surface area contributed by atoms with Crippen LogP contribution in [0.5, 0.6) is 5.75 Å². The SMILES string of the molecule is CNS(=O)(=O)c1cc(C(=O)NCc2cccc(NC(=O)c3cccc(F)c3)c2)ccc1OC. The van der Waals surface area contributed by atoms with E-state index in [0.29, 0.717) is 11.3 Å². The van der Waals surface area contributed by atoms with Crippen LogP contribution in [0.1, 0.15) is 26.3 Å². The molecule has 2 amide bonds. The van der Waals surface area contributed by atoms with Crippen LogP contribution in [0.3, 0.4) is 0 Å². The van der Waals surface area contributed by atoms with E-state index in [0.717, 1.165) is 6.07 Å². The molecule has 33 heavy (non-hydrogen) atoms. The van der Waals surface area contributed by atoms with E-state index in [9.17, 15) is 22.4 Å². The molecule has 0 saturated heterocycles. The lowest BCUT2D eigenvalue weighted by atomic mass is 10.1. The van der Waals surface area contributed by atoms with Crippen LogP contribution >= 0.6 is 0 Å². The quantitative estimate of drug-likeness (QED) is 0.468. The van der Waals surface area contributed by atoms with Crippen LogP contribution in [0.25, 0.3) is 0 Å². The fourth-order valence-electron chi connectivity index (χ4n) is 3.01. The number of halogens is 1. The monoisotopic (exact) mass is 471 g/mol. The van der Waals surface area contributed by atoms with Crippen molar-refractivity contribution in [2.75, 3.05) is 19.5 Å². The summed E-state index contributed by atoms with van der Waals surface area (Å²) in [4.78, 5) is 24.7. The van der Waals surface area contributed by atoms with E-state index in [-0.39, 0.29) is 28.3 Å². The number of methoxy groups -OCH3 is 1. The first-order valence-electron chi connectivity index (χ1n) is 9.79. The lowest BCUT2D eigenvalue weighted by Gasteiger charge is -2.12. The molecule has 0 radical (unpaired) electrons. The number of carbonyl (C=O) groups is 2. The summed E-state index contributed by atoms with van der Waals surface area (Å²) in [6.45, 7) is 0.128. The van der Waals surface area contributed by atoms with Crippen molar-refractivity contribution in [3.63, 3.8) is 0 Å². The molecule has 3 aromatic carbocycles. The Morgan fingerprint density at radius 1 is 0.939 bits per heavy atom. The summed E-state index contributed by atoms with van der Waals surface area (Å²) >= 11 is 0. The molecule has 0 atom stereocenters. The van der Waals surface area contributed by atoms with Crippen molar-refractivity contribution in [3.05, 3.63) is 89.2 Å². The predicted molar refractivity (Wildman–Crippen MR) is 121 cm³/mol. The van der Waals surface area contributed by atoms with Crippen LogP contribution in [0.4, 0.5) is 10.1 Å². The summed E-state index contributed by atoms with van der Waals surface area (Å²) in [6.07, 6.45) is 0. The van der Waals surface area contributed by atoms with Crippen LogP contribution in [0.2, 0.25) is 0 Å². The minimum Gasteiger partial charge on any atom is -0.495 e. The number of nitrogens with one attached hydrogen (secondary N) is 3. The molecule has 0 heterocycles. The smallest absolute Gasteiger partial charge is 0.255 e. The molecular formula is C23H22FN3O5S. The molecular weight excluding hydrogens is 449 g/mol. The third-order valence-corrected chi connectivity index (χ3v) is 6.14. The van der Waals surface area contributed by atoms with Gasteiger partial charge in [0.1, 0.15) is 16.5 Å². The van der Waals surface area contributed by atoms with Crippen LogP contribution < -0.4 is 20.1 Å². The second-order valence-corrected chi connectivity index (χ2v) is 8.78. The minimum absolute atomic E-state index is 0.114. The van der Waals surface area contributed by atoms with Crippen LogP contribution in [0, 0.1) is 5.82 Å². The molecule has 0 aliphatic heterocycles. The van der Waals surface area contributed by atoms with Gasteiger partial charge < -0.3 is 15.4 Å². The Labute approximate surface area is 190 Å². The van der Waals surface area contributed by atoms with Crippen molar-refractivity contribution in [3.8, 4) is 5.75 Å². The summed E-state index contributed by atoms with van der Waals surface area (Å²) in [6, 6.07) is 16.2. The van der Waals surface area contributed by atoms with Gasteiger partial charge in [0, 0.05) is 23.4 Å². The summed E-state index contributed by atoms with van der Waals surface area (Å²) in [5.74, 6) is -1.35. The van der Waals surface area contributed by atoms with Gasteiger partial charge in [-0.2, -0.15) is 0 Å². The highest BCUT2D eigenvalue weighted by Gasteiger charge is 2.20. The maximum absolute atomic E-state index is 13.3. The first kappa shape index (κ1) is 23.9. The maximum Gasteiger partial charge on any atom is 0.255 e. The molecule has 0 aliphatic rings. The fourth-order valence-corrected chi connectivity index (χ4v) is 3.93. The van der Waals surface area contributed by atoms with Gasteiger partial charge in [-0.05, 0) is 61.1 Å². The van der Waals surface area contributed by atoms with Crippen molar-refractivity contribution >= 4 is 27.5 Å². The second-order valence-electron chi connectivity index (χ2n) is 6.92. The number of hydrogen-bond donors (Lipinski definition) is 3. The fraction of sp³-hybridized carbons (Fsp3) is 0.130. The van der Waals surface area contributed by atoms with E-state index in [2.05, 4.69) is 15.4 Å². The molecule has 0 aromatic heterocycles. The van der Waals surface area contributed by atoms with Crippen molar-refractivity contribution in [2.45, 2.75) is 11.4 Å². The maximum atomic E-state index is 13.3. The Balaban J connectivity index is 1.70. The number of anilines is 1. The van der Waals surface area contributed by atoms with E-state index >= 15 is 0 Å². The van der Waals surface area contributed by atoms with Crippen molar-refractivity contribution in [2.24, 2.45) is 0 Å². The minimum atomic E-state index is -3.83. The third kappa shape index (κ3) is 5.93. The van der Waals surface area contributed by atoms with Crippen LogP contribution in [-0.2, 0) is 16.6 Å². The van der Waals surface area contributed by atoms with Gasteiger partial charge in [0.25, 0.3) is 11.8 Å². The van der Waals surface area contributed by atoms with Crippen molar-refractivity contribution < 1.29 is 27.1 Å². The van der Waals surface area contributed by atoms with Gasteiger partial charge in [0.15, 0.2) is 0 Å². The molecule has 172 valence electrons. The molecule has 0 saturated carbocycles. The van der Waals surface area contributed by atoms with Gasteiger partial charge in [-0.3, -0.25) is 9.59 Å². The second kappa shape index (κ2) is 10.2. The predicted octanol–water partition coefficient (Wildman–Crippen LogP) is 2.92. The van der Waals surface area contributed by atoms with E-state index in [1.807, 2.05) is 0 Å². The number of sulfonamides is 1. The Hall–Kier alpha value is -3.76. The normalized spacial score (nSPS) is 11.0. The van der Waals surface area contributed by atoms with Crippen molar-refractivity contribution in [1.29, 1.82) is 0 Å². The Kier molecular flexibility index (Phi) is 7.41. The third-order valence-electron chi connectivity index (χ3n) is 4.71. The van der Waals surface area contributed by atoms with Gasteiger partial charge in [0.2, 0.25) is 10.0 Å². The zero-order chi connectivity index (χ0) is 24.0. The van der Waals surface area contributed by atoms with Crippen molar-refractivity contribution in [1.82, 2.24) is 10.0 Å². The Bertz CT molecular complexity index is 1290. The number of hydrogen-bond acceptors (Lipinski definition) is 5. The van der Waals surface area contributed by atoms with E-state index in [1.54, 1.807) is 24.3 Å². The van der Waals surface area contributed by atoms with Gasteiger partial charge in [-0.25, -0.2) is 17.5 Å². The highest BCUT2D eigenvalue weighted by Crippen LogP contribution is 2.24. The van der Waals surface area contributed by atoms with Gasteiger partial charge in [0.05, 0.1) is 7.11 Å². The Morgan fingerprint density at radius 3 is 2.36 bits per heavy atom. The molecule has 0 spiro atoms. The first-order valence-corrected chi connectivity index (χ1v) is 11.3. The molecule has 0 unspecified atom stereocenters. The average Bonchev–Trinajstić information content (AvgIpc) is 2.82. The number of ether oxygens (including phenoxy) is 1. The van der Waals surface area contributed by atoms with Gasteiger partial charge >= 0.3 is 0 Å². The van der Waals surface area contributed by atoms with E-state index < -0.39 is 27.7 Å². The van der Waals surface area contributed by atoms with E-state index in [4.69, 9.17) is 4.74 Å². The highest BCUT2D eigenvalue weighted by atomic mass is 32.2. The number of carbonyl (C=O) groups excluding carboxylic acids is 2. The first-order chi connectivity index (χ1) is 15.7. The summed E-state index contributed by atoms with van der Waals surface area (Å²) in [5, 5.41) is 5.39. The summed E-state index contributed by atoms with van der Waals surface area (Å²) in [7, 11) is -1.22. The van der Waals surface area contributed by atoms with Crippen LogP contribution in [-0.4, -0.2) is 34.4 Å². The Morgan fingerprint density at radius 2 is 1.67 bits per heavy atom. The lowest BCUT2D eigenvalue weighted by molar-refractivity contribution is 0.0949. The molecule has 10 heteroatoms. The van der Waals surface area contributed by atoms with Crippen LogP contribution in [0.15, 0.2) is 71.6 Å². The molecule has 3 aromatic rings. The number of rotatable bonds is 8. The highest BCUT2D eigenvalue weighted by molar-refractivity contribution is 7.89. The average molecular weight is 472 g/mol. The zero-order valence-electron chi connectivity index (χ0n) is 17.9. The number of benzene rings is 3. The summed E-state index contributed by atoms with van der Waals surface area (Å²) in [5.41, 5.74) is 1.49. The molecule has 0 aliphatic carbocycles. The lowest BCUT2D eigenvalue weighted by Crippen LogP contribution is -2.24. The standard InChI is InChI=1S/C23H22FN3O5S/c1-25-33(30,31)21-13-17(9-10-20(21)32-2)22(28)26-14-15-5-3-8-19(11-15)27-23(29)16-6-4-7-18(24)12-16/h3-13,25H,14H2,1-2H3,(H,26,28)(H,27,29). The largest absolute Gasteiger partial charge is 0.495 e. The van der Waals surface area contributed by atoms with Gasteiger partial charge in [-0.15, -0.1) is 0 Å². The molecule has 0 bridgehead atoms. The van der Waals surface area contributed by atoms with E-state index in [1.165, 1.54) is 50.6 Å². The molecule has 0 fully saturated rings. The molecule has 3 rings (SSSR count). The molecule has 3 N–H and O–H groups in total. The zero-order valence-corrected chi connectivity index (χ0v) is 18.7. The topological polar surface area (TPSA) is 114 Å². The number of amides is 2.